The zero-order valence-corrected chi connectivity index (χ0v) is 23.4. The van der Waals surface area contributed by atoms with Crippen LogP contribution in [-0.2, 0) is 19.5 Å². The third-order valence-corrected chi connectivity index (χ3v) is 9.59. The van der Waals surface area contributed by atoms with Gasteiger partial charge in [-0.15, -0.1) is 6.42 Å². The fourth-order valence-corrected chi connectivity index (χ4v) is 4.84. The Hall–Kier alpha value is 0.537. The summed E-state index contributed by atoms with van der Waals surface area (Å²) in [5.41, 5.74) is 0. The van der Waals surface area contributed by atoms with Gasteiger partial charge in [-0.25, -0.2) is 12.2 Å². The second-order valence-electron chi connectivity index (χ2n) is 4.62. The Morgan fingerprint density at radius 3 is 0.960 bits per heavy atom. The summed E-state index contributed by atoms with van der Waals surface area (Å²) in [5.74, 6) is 0. The molecule has 0 aromatic carbocycles. The predicted octanol–water partition coefficient (Wildman–Crippen LogP) is 8.10. The molecule has 0 aliphatic heterocycles. The average molecular weight is 476 g/mol. The Kier molecular flexibility index (Phi) is 88.4. The molecule has 0 amide bonds. The number of rotatable bonds is 6. The van der Waals surface area contributed by atoms with Gasteiger partial charge in [-0.05, 0) is 0 Å². The van der Waals surface area contributed by atoms with Crippen LogP contribution in [0.15, 0.2) is 18.2 Å². The van der Waals surface area contributed by atoms with Gasteiger partial charge in [0.25, 0.3) is 0 Å². The van der Waals surface area contributed by atoms with Crippen molar-refractivity contribution in [3.63, 3.8) is 0 Å². The van der Waals surface area contributed by atoms with Gasteiger partial charge in [0.2, 0.25) is 0 Å². The van der Waals surface area contributed by atoms with Crippen molar-refractivity contribution in [2.24, 2.45) is 0 Å². The molecule has 1 rings (SSSR count). The van der Waals surface area contributed by atoms with Crippen LogP contribution < -0.4 is 0 Å². The van der Waals surface area contributed by atoms with Crippen LogP contribution in [0.3, 0.4) is 0 Å². The van der Waals surface area contributed by atoms with Gasteiger partial charge in [-0.3, -0.25) is 6.08 Å². The molecule has 0 atom stereocenters. The maximum atomic E-state index is 2.99. The average Bonchev–Trinajstić information content (AvgIpc) is 3.03. The Morgan fingerprint density at radius 2 is 0.920 bits per heavy atom. The van der Waals surface area contributed by atoms with Gasteiger partial charge < -0.3 is 37.1 Å². The van der Waals surface area contributed by atoms with Crippen molar-refractivity contribution in [3.8, 4) is 0 Å². The molecule has 0 fully saturated rings. The zero-order chi connectivity index (χ0) is 14.9. The molecule has 1 aliphatic rings. The van der Waals surface area contributed by atoms with Gasteiger partial charge in [-0.2, -0.15) is 6.08 Å². The fourth-order valence-electron chi connectivity index (χ4n) is 1.84. The molecule has 0 N–H and O–H groups in total. The van der Waals surface area contributed by atoms with Gasteiger partial charge in [-0.1, -0.05) is 77.8 Å². The molecule has 0 spiro atoms. The topological polar surface area (TPSA) is 0 Å². The summed E-state index contributed by atoms with van der Waals surface area (Å²) >= 11 is 0. The number of hydrogen-bond donors (Lipinski definition) is 0. The molecule has 0 unspecified atom stereocenters. The van der Waals surface area contributed by atoms with Crippen molar-refractivity contribution in [2.45, 2.75) is 84.2 Å². The van der Waals surface area contributed by atoms with Gasteiger partial charge in [0.15, 0.2) is 0 Å². The molecule has 0 saturated heterocycles. The van der Waals surface area contributed by atoms with Crippen molar-refractivity contribution in [1.29, 1.82) is 0 Å². The first-order valence-corrected chi connectivity index (χ1v) is 12.3. The number of allylic oxidation sites excluding steroid dienone is 4. The number of hydrogen-bond acceptors (Lipinski definition) is 0. The van der Waals surface area contributed by atoms with E-state index >= 15 is 0 Å². The van der Waals surface area contributed by atoms with Crippen LogP contribution in [0.4, 0.5) is 0 Å². The fraction of sp³-hybridized carbons (Fsp3) is 0.591. The van der Waals surface area contributed by atoms with Crippen molar-refractivity contribution >= 4 is 17.6 Å². The molecule has 163 valence electrons. The first kappa shape index (κ1) is 50.0. The standard InChI is InChI=1S/2C6H15Si.C5H5.5CH3.Rh.2H/c2*1-4-7(5-2)6-3;1-2-4-5-3-1;;;;;;;;/h2*4-6H2,1-3H3;1-3H,4H2;5*1H3;;;/q;;6*-1;;;. The van der Waals surface area contributed by atoms with Crippen molar-refractivity contribution in [3.05, 3.63) is 61.4 Å². The molecular formula is C22H52RhSi2-6. The van der Waals surface area contributed by atoms with E-state index in [2.05, 4.69) is 53.7 Å². The monoisotopic (exact) mass is 475 g/mol. The first-order chi connectivity index (χ1) is 9.19. The maximum absolute atomic E-state index is 2.99. The zero-order valence-electron chi connectivity index (χ0n) is 19.6. The second kappa shape index (κ2) is 44.2. The molecular weight excluding hydrogens is 423 g/mol. The summed E-state index contributed by atoms with van der Waals surface area (Å²) in [6.45, 7) is 13.8. The Balaban J connectivity index is -0.0000000260. The van der Waals surface area contributed by atoms with E-state index in [1.165, 1.54) is 36.3 Å². The Labute approximate surface area is 182 Å². The van der Waals surface area contributed by atoms with Gasteiger partial charge in [0.1, 0.15) is 0 Å². The van der Waals surface area contributed by atoms with Crippen LogP contribution in [0.2, 0.25) is 36.3 Å². The third kappa shape index (κ3) is 40.5. The normalized spacial score (nSPS) is 9.28. The van der Waals surface area contributed by atoms with Gasteiger partial charge in [0, 0.05) is 17.6 Å². The molecule has 0 aromatic heterocycles. The summed E-state index contributed by atoms with van der Waals surface area (Å²) in [6, 6.07) is 8.74. The molecule has 3 heteroatoms. The SMILES string of the molecule is CC[Si](CC)CC.CC[Si](CC)CC.[C-]1=CC=CC1.[CH3-].[CH3-].[CH3-].[CH3-].[CH3-].[RhH2]. The van der Waals surface area contributed by atoms with Gasteiger partial charge in [0.05, 0.1) is 0 Å². The molecule has 3 radical (unpaired) electrons. The van der Waals surface area contributed by atoms with Crippen LogP contribution in [0.1, 0.15) is 48.0 Å². The summed E-state index contributed by atoms with van der Waals surface area (Å²) in [7, 11) is 0.275. The van der Waals surface area contributed by atoms with E-state index in [1.807, 2.05) is 12.2 Å². The third-order valence-electron chi connectivity index (χ3n) is 3.59. The van der Waals surface area contributed by atoms with Crippen LogP contribution in [0, 0.1) is 43.2 Å². The minimum absolute atomic E-state index is 0. The van der Waals surface area contributed by atoms with E-state index in [9.17, 15) is 0 Å². The Morgan fingerprint density at radius 1 is 0.640 bits per heavy atom. The second-order valence-corrected chi connectivity index (χ2v) is 11.9. The van der Waals surface area contributed by atoms with Crippen molar-refractivity contribution < 1.29 is 19.5 Å². The summed E-state index contributed by atoms with van der Waals surface area (Å²) < 4.78 is 0. The summed E-state index contributed by atoms with van der Waals surface area (Å²) in [6.07, 6.45) is 10.0. The van der Waals surface area contributed by atoms with E-state index in [4.69, 9.17) is 0 Å². The first-order valence-electron chi connectivity index (χ1n) is 8.08. The van der Waals surface area contributed by atoms with Crippen LogP contribution in [0.25, 0.3) is 0 Å². The molecule has 0 saturated carbocycles. The Bertz CT molecular complexity index is 175. The molecule has 1 aliphatic carbocycles. The van der Waals surface area contributed by atoms with Crippen LogP contribution in [-0.4, -0.2) is 17.6 Å². The van der Waals surface area contributed by atoms with E-state index < -0.39 is 0 Å². The van der Waals surface area contributed by atoms with E-state index in [0.29, 0.717) is 0 Å². The predicted molar refractivity (Wildman–Crippen MR) is 131 cm³/mol. The summed E-state index contributed by atoms with van der Waals surface area (Å²) in [5, 5.41) is 0. The van der Waals surface area contributed by atoms with Crippen LogP contribution in [0.5, 0.6) is 0 Å². The van der Waals surface area contributed by atoms with Gasteiger partial charge >= 0.3 is 19.5 Å². The molecule has 0 nitrogen and oxygen atoms in total. The van der Waals surface area contributed by atoms with Crippen molar-refractivity contribution in [2.75, 3.05) is 0 Å². The van der Waals surface area contributed by atoms with E-state index in [0.717, 1.165) is 6.42 Å². The van der Waals surface area contributed by atoms with E-state index in [-0.39, 0.29) is 74.2 Å². The molecule has 0 heterocycles. The minimum atomic E-state index is 0. The summed E-state index contributed by atoms with van der Waals surface area (Å²) in [4.78, 5) is 0. The quantitative estimate of drug-likeness (QED) is 0.269. The molecule has 0 aromatic rings. The van der Waals surface area contributed by atoms with Crippen molar-refractivity contribution in [1.82, 2.24) is 0 Å². The van der Waals surface area contributed by atoms with Crippen LogP contribution >= 0.6 is 0 Å². The molecule has 0 bridgehead atoms. The van der Waals surface area contributed by atoms with E-state index in [1.54, 1.807) is 0 Å². The molecule has 25 heavy (non-hydrogen) atoms.